The van der Waals surface area contributed by atoms with Gasteiger partial charge in [-0.25, -0.2) is 0 Å². The van der Waals surface area contributed by atoms with Crippen molar-refractivity contribution in [2.75, 3.05) is 0 Å². The number of carbonyl (C=O) groups excluding carboxylic acids is 1. The van der Waals surface area contributed by atoms with Crippen LogP contribution < -0.4 is 5.32 Å². The number of hydrogen-bond acceptors (Lipinski definition) is 6. The minimum atomic E-state index is -0.407. The molecule has 0 aliphatic heterocycles. The maximum absolute atomic E-state index is 12.1. The zero-order valence-electron chi connectivity index (χ0n) is 12.8. The van der Waals surface area contributed by atoms with Crippen molar-refractivity contribution >= 4 is 28.2 Å². The molecule has 6 nitrogen and oxygen atoms in total. The van der Waals surface area contributed by atoms with E-state index in [0.717, 1.165) is 21.4 Å². The zero-order chi connectivity index (χ0) is 16.5. The Morgan fingerprint density at radius 3 is 2.92 bits per heavy atom. The fraction of sp³-hybridized carbons (Fsp3) is 0.118. The van der Waals surface area contributed by atoms with Crippen LogP contribution in [0.25, 0.3) is 22.6 Å². The lowest BCUT2D eigenvalue weighted by molar-refractivity contribution is 0.0907. The molecule has 4 rings (SSSR count). The van der Waals surface area contributed by atoms with Crippen LogP contribution in [0.2, 0.25) is 0 Å². The highest BCUT2D eigenvalue weighted by Gasteiger charge is 2.20. The van der Waals surface area contributed by atoms with E-state index in [1.54, 1.807) is 11.3 Å². The van der Waals surface area contributed by atoms with Gasteiger partial charge in [0.25, 0.3) is 0 Å². The molecule has 0 spiro atoms. The SMILES string of the molecule is Cc1c(-c2noc(C(=O)NCc3cccs3)n2)oc2ccccc12. The van der Waals surface area contributed by atoms with E-state index in [9.17, 15) is 4.79 Å². The maximum Gasteiger partial charge on any atom is 0.316 e. The Labute approximate surface area is 141 Å². The quantitative estimate of drug-likeness (QED) is 0.612. The van der Waals surface area contributed by atoms with Crippen LogP contribution in [0.15, 0.2) is 50.7 Å². The van der Waals surface area contributed by atoms with Gasteiger partial charge in [-0.15, -0.1) is 11.3 Å². The van der Waals surface area contributed by atoms with E-state index in [1.165, 1.54) is 0 Å². The molecule has 0 bridgehead atoms. The Bertz CT molecular complexity index is 1000. The lowest BCUT2D eigenvalue weighted by atomic mass is 10.1. The van der Waals surface area contributed by atoms with Gasteiger partial charge in [0.15, 0.2) is 5.76 Å². The molecule has 0 saturated carbocycles. The lowest BCUT2D eigenvalue weighted by Crippen LogP contribution is -2.22. The van der Waals surface area contributed by atoms with Crippen LogP contribution >= 0.6 is 11.3 Å². The van der Waals surface area contributed by atoms with E-state index in [4.69, 9.17) is 8.94 Å². The third-order valence-corrected chi connectivity index (χ3v) is 4.55. The first-order chi connectivity index (χ1) is 11.7. The van der Waals surface area contributed by atoms with Crippen molar-refractivity contribution < 1.29 is 13.7 Å². The Kier molecular flexibility index (Phi) is 3.62. The molecule has 120 valence electrons. The molecule has 0 radical (unpaired) electrons. The Balaban J connectivity index is 1.57. The van der Waals surface area contributed by atoms with Gasteiger partial charge in [0.1, 0.15) is 5.58 Å². The number of aryl methyl sites for hydroxylation is 1. The van der Waals surface area contributed by atoms with E-state index < -0.39 is 5.91 Å². The van der Waals surface area contributed by atoms with E-state index in [-0.39, 0.29) is 11.7 Å². The molecule has 1 N–H and O–H groups in total. The number of benzene rings is 1. The van der Waals surface area contributed by atoms with Crippen molar-refractivity contribution in [3.8, 4) is 11.6 Å². The zero-order valence-corrected chi connectivity index (χ0v) is 13.6. The van der Waals surface area contributed by atoms with Crippen molar-refractivity contribution in [2.24, 2.45) is 0 Å². The van der Waals surface area contributed by atoms with Crippen LogP contribution in [-0.4, -0.2) is 16.0 Å². The largest absolute Gasteiger partial charge is 0.452 e. The second-order valence-corrected chi connectivity index (χ2v) is 6.27. The van der Waals surface area contributed by atoms with Crippen LogP contribution in [0.5, 0.6) is 0 Å². The number of nitrogens with one attached hydrogen (secondary N) is 1. The number of para-hydroxylation sites is 1. The van der Waals surface area contributed by atoms with Crippen LogP contribution in [0.3, 0.4) is 0 Å². The highest BCUT2D eigenvalue weighted by Crippen LogP contribution is 2.31. The number of fused-ring (bicyclic) bond motifs is 1. The average molecular weight is 339 g/mol. The van der Waals surface area contributed by atoms with Crippen molar-refractivity contribution in [2.45, 2.75) is 13.5 Å². The predicted molar refractivity (Wildman–Crippen MR) is 89.7 cm³/mol. The summed E-state index contributed by atoms with van der Waals surface area (Å²) in [7, 11) is 0. The molecule has 1 aromatic carbocycles. The summed E-state index contributed by atoms with van der Waals surface area (Å²) in [6.07, 6.45) is 0. The van der Waals surface area contributed by atoms with Gasteiger partial charge in [-0.2, -0.15) is 4.98 Å². The van der Waals surface area contributed by atoms with Crippen molar-refractivity contribution in [1.82, 2.24) is 15.5 Å². The lowest BCUT2D eigenvalue weighted by Gasteiger charge is -1.98. The number of thiophene rings is 1. The number of rotatable bonds is 4. The minimum Gasteiger partial charge on any atom is -0.452 e. The van der Waals surface area contributed by atoms with E-state index >= 15 is 0 Å². The number of nitrogens with zero attached hydrogens (tertiary/aromatic N) is 2. The second kappa shape index (κ2) is 5.93. The molecule has 7 heteroatoms. The average Bonchev–Trinajstić information content (AvgIpc) is 3.33. The normalized spacial score (nSPS) is 11.0. The molecular formula is C17H13N3O3S. The summed E-state index contributed by atoms with van der Waals surface area (Å²) in [6, 6.07) is 11.6. The van der Waals surface area contributed by atoms with Gasteiger partial charge in [-0.05, 0) is 24.4 Å². The predicted octanol–water partition coefficient (Wildman–Crippen LogP) is 3.78. The Morgan fingerprint density at radius 2 is 2.12 bits per heavy atom. The van der Waals surface area contributed by atoms with Gasteiger partial charge >= 0.3 is 11.8 Å². The van der Waals surface area contributed by atoms with Gasteiger partial charge in [-0.3, -0.25) is 4.79 Å². The van der Waals surface area contributed by atoms with E-state index in [0.29, 0.717) is 12.3 Å². The summed E-state index contributed by atoms with van der Waals surface area (Å²) in [5, 5.41) is 9.56. The first-order valence-corrected chi connectivity index (χ1v) is 8.23. The van der Waals surface area contributed by atoms with Crippen LogP contribution in [-0.2, 0) is 6.54 Å². The molecule has 3 aromatic heterocycles. The summed E-state index contributed by atoms with van der Waals surface area (Å²) >= 11 is 1.57. The second-order valence-electron chi connectivity index (χ2n) is 5.24. The fourth-order valence-electron chi connectivity index (χ4n) is 2.45. The summed E-state index contributed by atoms with van der Waals surface area (Å²) in [6.45, 7) is 2.35. The molecule has 0 atom stereocenters. The molecule has 3 heterocycles. The number of furan rings is 1. The number of aromatic nitrogens is 2. The van der Waals surface area contributed by atoms with Gasteiger partial charge in [0, 0.05) is 15.8 Å². The van der Waals surface area contributed by atoms with Gasteiger partial charge < -0.3 is 14.3 Å². The smallest absolute Gasteiger partial charge is 0.316 e. The molecule has 0 aliphatic carbocycles. The van der Waals surface area contributed by atoms with E-state index in [1.807, 2.05) is 48.7 Å². The molecule has 1 amide bonds. The van der Waals surface area contributed by atoms with Crippen LogP contribution in [0, 0.1) is 6.92 Å². The molecule has 4 aromatic rings. The van der Waals surface area contributed by atoms with Gasteiger partial charge in [-0.1, -0.05) is 29.4 Å². The molecule has 0 fully saturated rings. The number of hydrogen-bond donors (Lipinski definition) is 1. The fourth-order valence-corrected chi connectivity index (χ4v) is 3.10. The van der Waals surface area contributed by atoms with Crippen molar-refractivity contribution in [3.63, 3.8) is 0 Å². The van der Waals surface area contributed by atoms with Crippen LogP contribution in [0.4, 0.5) is 0 Å². The third kappa shape index (κ3) is 2.59. The Morgan fingerprint density at radius 1 is 1.25 bits per heavy atom. The monoisotopic (exact) mass is 339 g/mol. The molecule has 0 aliphatic rings. The molecule has 24 heavy (non-hydrogen) atoms. The molecular weight excluding hydrogens is 326 g/mol. The van der Waals surface area contributed by atoms with E-state index in [2.05, 4.69) is 15.5 Å². The Hall–Kier alpha value is -2.93. The molecule has 0 saturated heterocycles. The summed E-state index contributed by atoms with van der Waals surface area (Å²) < 4.78 is 10.9. The maximum atomic E-state index is 12.1. The topological polar surface area (TPSA) is 81.2 Å². The highest BCUT2D eigenvalue weighted by atomic mass is 32.1. The summed E-state index contributed by atoms with van der Waals surface area (Å²) in [5.74, 6) is 0.291. The summed E-state index contributed by atoms with van der Waals surface area (Å²) in [5.41, 5.74) is 1.66. The summed E-state index contributed by atoms with van der Waals surface area (Å²) in [4.78, 5) is 17.3. The number of carbonyl (C=O) groups is 1. The van der Waals surface area contributed by atoms with Crippen LogP contribution in [0.1, 0.15) is 21.1 Å². The van der Waals surface area contributed by atoms with Gasteiger partial charge in [0.05, 0.1) is 6.54 Å². The third-order valence-electron chi connectivity index (χ3n) is 3.67. The van der Waals surface area contributed by atoms with Gasteiger partial charge in [0.2, 0.25) is 5.82 Å². The first-order valence-electron chi connectivity index (χ1n) is 7.35. The molecule has 0 unspecified atom stereocenters. The standard InChI is InChI=1S/C17H13N3O3S/c1-10-12-6-2-3-7-13(12)22-14(10)15-19-17(23-20-15)16(21)18-9-11-5-4-8-24-11/h2-8H,9H2,1H3,(H,18,21). The van der Waals surface area contributed by atoms with Crippen molar-refractivity contribution in [3.05, 3.63) is 58.1 Å². The first kappa shape index (κ1) is 14.6. The number of amides is 1. The van der Waals surface area contributed by atoms with Crippen molar-refractivity contribution in [1.29, 1.82) is 0 Å². The highest BCUT2D eigenvalue weighted by molar-refractivity contribution is 7.09. The minimum absolute atomic E-state index is 0.0820.